The molecule has 0 radical (unpaired) electrons. The van der Waals surface area contributed by atoms with Crippen LogP contribution in [0.25, 0.3) is 0 Å². The molecule has 21 nitrogen and oxygen atoms in total. The van der Waals surface area contributed by atoms with Gasteiger partial charge in [0.1, 0.15) is 25.4 Å². The van der Waals surface area contributed by atoms with Gasteiger partial charge in [-0.15, -0.1) is 0 Å². The van der Waals surface area contributed by atoms with E-state index >= 15 is 0 Å². The number of esters is 9. The Labute approximate surface area is 304 Å². The van der Waals surface area contributed by atoms with Gasteiger partial charge in [-0.05, 0) is 6.92 Å². The molecular weight excluding hydrogens is 720 g/mol. The molecule has 0 bridgehead atoms. The summed E-state index contributed by atoms with van der Waals surface area (Å²) in [5.41, 5.74) is 0. The summed E-state index contributed by atoms with van der Waals surface area (Å²) in [5.74, 6) is -7.19. The second-order valence-electron chi connectivity index (χ2n) is 11.2. The highest BCUT2D eigenvalue weighted by atomic mass is 16.8. The molecule has 0 unspecified atom stereocenters. The summed E-state index contributed by atoms with van der Waals surface area (Å²) in [5, 5.41) is 0. The largest absolute Gasteiger partial charge is 0.466 e. The lowest BCUT2D eigenvalue weighted by atomic mass is 9.96. The highest BCUT2D eigenvalue weighted by Gasteiger charge is 2.57. The van der Waals surface area contributed by atoms with Gasteiger partial charge in [0.25, 0.3) is 0 Å². The Morgan fingerprint density at radius 1 is 0.377 bits per heavy atom. The molecule has 2 fully saturated rings. The van der Waals surface area contributed by atoms with Gasteiger partial charge in [-0.25, -0.2) is 0 Å². The fraction of sp³-hybridized carbons (Fsp3) is 0.719. The molecule has 0 aromatic rings. The van der Waals surface area contributed by atoms with E-state index in [4.69, 9.17) is 52.1 Å². The van der Waals surface area contributed by atoms with E-state index in [1.807, 2.05) is 0 Å². The predicted octanol–water partition coefficient (Wildman–Crippen LogP) is -0.261. The molecule has 0 spiro atoms. The molecule has 2 aliphatic heterocycles. The summed E-state index contributed by atoms with van der Waals surface area (Å²) in [6, 6.07) is 0. The molecule has 0 aromatic carbocycles. The van der Waals surface area contributed by atoms with Gasteiger partial charge < -0.3 is 56.8 Å². The van der Waals surface area contributed by atoms with Crippen LogP contribution in [0.5, 0.6) is 0 Å². The number of hydrogen-bond acceptors (Lipinski definition) is 21. The number of ether oxygens (including phenoxy) is 12. The molecule has 0 amide bonds. The Hall–Kier alpha value is -4.89. The monoisotopic (exact) mass is 766 g/mol. The number of carbonyl (C=O) groups is 9. The summed E-state index contributed by atoms with van der Waals surface area (Å²) in [7, 11) is 0. The Morgan fingerprint density at radius 3 is 0.868 bits per heavy atom. The fourth-order valence-electron chi connectivity index (χ4n) is 4.93. The topological polar surface area (TPSA) is 264 Å². The highest BCUT2D eigenvalue weighted by molar-refractivity contribution is 5.70. The smallest absolute Gasteiger partial charge is 0.303 e. The van der Waals surface area contributed by atoms with Crippen molar-refractivity contribution in [2.24, 2.45) is 0 Å². The molecule has 300 valence electrons. The lowest BCUT2D eigenvalue weighted by Crippen LogP contribution is -2.66. The molecule has 10 atom stereocenters. The molecular formula is C32H46O21. The minimum atomic E-state index is -1.84. The van der Waals surface area contributed by atoms with Gasteiger partial charge >= 0.3 is 53.7 Å². The van der Waals surface area contributed by atoms with E-state index in [9.17, 15) is 43.2 Å². The molecule has 2 saturated heterocycles. The normalized spacial score (nSPS) is 27.5. The van der Waals surface area contributed by atoms with Crippen LogP contribution < -0.4 is 0 Å². The highest BCUT2D eigenvalue weighted by Crippen LogP contribution is 2.35. The first-order valence-corrected chi connectivity index (χ1v) is 16.1. The van der Waals surface area contributed by atoms with Crippen LogP contribution in [0, 0.1) is 0 Å². The van der Waals surface area contributed by atoms with Crippen LogP contribution >= 0.6 is 0 Å². The molecule has 0 aliphatic carbocycles. The van der Waals surface area contributed by atoms with E-state index in [-0.39, 0.29) is 5.97 Å². The van der Waals surface area contributed by atoms with Crippen LogP contribution in [0.3, 0.4) is 0 Å². The van der Waals surface area contributed by atoms with Gasteiger partial charge in [-0.3, -0.25) is 43.2 Å². The van der Waals surface area contributed by atoms with Crippen LogP contribution in [0.15, 0.2) is 0 Å². The Kier molecular flexibility index (Phi) is 19.4. The summed E-state index contributed by atoms with van der Waals surface area (Å²) < 4.78 is 64.5. The van der Waals surface area contributed by atoms with Crippen molar-refractivity contribution in [3.8, 4) is 0 Å². The van der Waals surface area contributed by atoms with Crippen molar-refractivity contribution in [1.29, 1.82) is 0 Å². The van der Waals surface area contributed by atoms with Crippen LogP contribution in [0.2, 0.25) is 0 Å². The Balaban J connectivity index is 0.00000215. The van der Waals surface area contributed by atoms with Crippen LogP contribution in [-0.2, 0) is 100.0 Å². The second kappa shape index (κ2) is 22.2. The van der Waals surface area contributed by atoms with E-state index in [2.05, 4.69) is 4.74 Å². The number of rotatable bonds is 13. The zero-order valence-corrected chi connectivity index (χ0v) is 31.0. The standard InChI is InChI=1S/C28H38O19.C4H8O2/c1-11(29)37-9-19-21(39-13(3)31)23(41-15(5)33)25(43-17(7)35)27(45-19)47-28-26(44-18(8)36)24(42-16(6)34)22(40-14(4)32)20(46-28)10-38-12(2)30;1-3-6-4(2)5/h19-28H,9-10H2,1-8H3;3H2,1-2H3/t19-,20-,21-,22-,23+,24+,25-,26-,27-,28-;/m1./s1. The number of hydrogen-bond donors (Lipinski definition) is 0. The van der Waals surface area contributed by atoms with Crippen molar-refractivity contribution >= 4 is 53.7 Å². The maximum atomic E-state index is 12.2. The van der Waals surface area contributed by atoms with Crippen LogP contribution in [-0.4, -0.2) is 135 Å². The van der Waals surface area contributed by atoms with Crippen molar-refractivity contribution < 1.29 is 100.0 Å². The van der Waals surface area contributed by atoms with Crippen molar-refractivity contribution in [3.63, 3.8) is 0 Å². The van der Waals surface area contributed by atoms with Gasteiger partial charge in [0, 0.05) is 62.3 Å². The Bertz CT molecular complexity index is 1240. The summed E-state index contributed by atoms with van der Waals surface area (Å²) in [4.78, 5) is 106. The molecule has 21 heteroatoms. The zero-order valence-electron chi connectivity index (χ0n) is 31.0. The van der Waals surface area contributed by atoms with Gasteiger partial charge in [0.2, 0.25) is 12.6 Å². The first-order chi connectivity index (χ1) is 24.7. The second-order valence-corrected chi connectivity index (χ2v) is 11.2. The fourth-order valence-corrected chi connectivity index (χ4v) is 4.93. The van der Waals surface area contributed by atoms with E-state index in [1.165, 1.54) is 6.92 Å². The molecule has 0 aromatic heterocycles. The van der Waals surface area contributed by atoms with E-state index < -0.39 is 122 Å². The average molecular weight is 767 g/mol. The quantitative estimate of drug-likeness (QED) is 0.173. The first-order valence-electron chi connectivity index (χ1n) is 16.1. The lowest BCUT2D eigenvalue weighted by Gasteiger charge is -2.48. The van der Waals surface area contributed by atoms with E-state index in [0.29, 0.717) is 6.61 Å². The lowest BCUT2D eigenvalue weighted by molar-refractivity contribution is -0.377. The molecule has 2 aliphatic rings. The molecule has 0 N–H and O–H groups in total. The minimum absolute atomic E-state index is 0.211. The van der Waals surface area contributed by atoms with Gasteiger partial charge in [-0.2, -0.15) is 0 Å². The van der Waals surface area contributed by atoms with Gasteiger partial charge in [0.05, 0.1) is 6.61 Å². The minimum Gasteiger partial charge on any atom is -0.466 e. The first kappa shape index (κ1) is 46.1. The summed E-state index contributed by atoms with van der Waals surface area (Å²) >= 11 is 0. The Morgan fingerprint density at radius 2 is 0.642 bits per heavy atom. The van der Waals surface area contributed by atoms with Gasteiger partial charge in [-0.1, -0.05) is 0 Å². The van der Waals surface area contributed by atoms with E-state index in [1.54, 1.807) is 6.92 Å². The van der Waals surface area contributed by atoms with E-state index in [0.717, 1.165) is 55.4 Å². The summed E-state index contributed by atoms with van der Waals surface area (Å²) in [6.45, 7) is 10.8. The average Bonchev–Trinajstić information content (AvgIpc) is 3.00. The van der Waals surface area contributed by atoms with Crippen molar-refractivity contribution in [2.45, 2.75) is 131 Å². The maximum absolute atomic E-state index is 12.2. The maximum Gasteiger partial charge on any atom is 0.303 e. The summed E-state index contributed by atoms with van der Waals surface area (Å²) in [6.07, 6.45) is -16.3. The van der Waals surface area contributed by atoms with Crippen molar-refractivity contribution in [1.82, 2.24) is 0 Å². The van der Waals surface area contributed by atoms with Crippen LogP contribution in [0.4, 0.5) is 0 Å². The predicted molar refractivity (Wildman–Crippen MR) is 167 cm³/mol. The zero-order chi connectivity index (χ0) is 40.6. The third-order valence-electron chi connectivity index (χ3n) is 6.51. The van der Waals surface area contributed by atoms with Crippen molar-refractivity contribution in [3.05, 3.63) is 0 Å². The van der Waals surface area contributed by atoms with Crippen LogP contribution in [0.1, 0.15) is 69.2 Å². The molecule has 0 saturated carbocycles. The third kappa shape index (κ3) is 16.5. The SMILES string of the molecule is CC(=O)OC[C@H]1O[C@H](O[C@H]2O[C@H](COC(C)=O)[C@@H](OC(C)=O)[C@H](OC(C)=O)[C@H]2OC(C)=O)[C@H](OC(C)=O)[C@@H](OC(C)=O)[C@@H]1OC(C)=O.CCOC(C)=O. The molecule has 53 heavy (non-hydrogen) atoms. The molecule has 2 rings (SSSR count). The molecule has 2 heterocycles. The van der Waals surface area contributed by atoms with Gasteiger partial charge in [0.15, 0.2) is 36.6 Å². The van der Waals surface area contributed by atoms with Crippen molar-refractivity contribution in [2.75, 3.05) is 19.8 Å². The number of carbonyl (C=O) groups excluding carboxylic acids is 9. The third-order valence-corrected chi connectivity index (χ3v) is 6.51.